The van der Waals surface area contributed by atoms with Crippen molar-refractivity contribution in [1.29, 1.82) is 0 Å². The third kappa shape index (κ3) is 1.92. The fourth-order valence-electron chi connectivity index (χ4n) is 7.56. The fourth-order valence-corrected chi connectivity index (χ4v) is 7.83. The van der Waals surface area contributed by atoms with Crippen LogP contribution in [-0.2, 0) is 15.0 Å². The van der Waals surface area contributed by atoms with E-state index in [2.05, 4.69) is 28.1 Å². The van der Waals surface area contributed by atoms with Crippen LogP contribution in [0.4, 0.5) is 0 Å². The van der Waals surface area contributed by atoms with Crippen molar-refractivity contribution in [3.63, 3.8) is 0 Å². The van der Waals surface area contributed by atoms with Crippen LogP contribution < -0.4 is 11.5 Å². The normalized spacial score (nSPS) is 38.0. The van der Waals surface area contributed by atoms with Gasteiger partial charge in [0.05, 0.1) is 10.8 Å². The summed E-state index contributed by atoms with van der Waals surface area (Å²) in [7, 11) is 0. The van der Waals surface area contributed by atoms with Crippen molar-refractivity contribution in [3.8, 4) is 0 Å². The summed E-state index contributed by atoms with van der Waals surface area (Å²) in [5.41, 5.74) is 11.4. The summed E-state index contributed by atoms with van der Waals surface area (Å²) < 4.78 is 0.943. The van der Waals surface area contributed by atoms with Gasteiger partial charge in [-0.3, -0.25) is 9.59 Å². The Labute approximate surface area is 174 Å². The van der Waals surface area contributed by atoms with Gasteiger partial charge in [-0.15, -0.1) is 0 Å². The zero-order chi connectivity index (χ0) is 19.7. The largest absolute Gasteiger partial charge is 0.369 e. The summed E-state index contributed by atoms with van der Waals surface area (Å²) in [6.45, 7) is 0. The van der Waals surface area contributed by atoms with Gasteiger partial charge in [-0.2, -0.15) is 0 Å². The van der Waals surface area contributed by atoms with E-state index in [1.807, 2.05) is 24.3 Å². The van der Waals surface area contributed by atoms with Crippen molar-refractivity contribution in [2.24, 2.45) is 40.1 Å². The summed E-state index contributed by atoms with van der Waals surface area (Å²) in [4.78, 5) is 26.9. The van der Waals surface area contributed by atoms with Gasteiger partial charge in [0.15, 0.2) is 0 Å². The molecule has 5 heteroatoms. The van der Waals surface area contributed by atoms with E-state index in [1.54, 1.807) is 0 Å². The van der Waals surface area contributed by atoms with Crippen LogP contribution in [0.2, 0.25) is 0 Å². The van der Waals surface area contributed by atoms with Crippen molar-refractivity contribution in [1.82, 2.24) is 0 Å². The molecule has 3 fully saturated rings. The molecule has 1 aromatic rings. The highest BCUT2D eigenvalue weighted by Crippen LogP contribution is 2.82. The van der Waals surface area contributed by atoms with Gasteiger partial charge in [0.2, 0.25) is 11.8 Å². The van der Waals surface area contributed by atoms with Crippen LogP contribution >= 0.6 is 15.9 Å². The Morgan fingerprint density at radius 3 is 2.04 bits per heavy atom. The molecule has 148 valence electrons. The van der Waals surface area contributed by atoms with Crippen LogP contribution in [0.5, 0.6) is 0 Å². The number of hydrogen-bond donors (Lipinski definition) is 2. The standard InChI is InChI=1S/C23H27BrN2O2/c24-16-8-6-15(7-9-16)23(20(26)28)18-11-10-17(21(18)12-13-21)22(23,19(25)27)14-4-2-1-3-5-14/h6-11,14,17-18H,1-5,12-13H2,(H2,25,27)(H2,26,28)/t17-,18+,22+,23-/m1/s1. The number of hydrogen-bond acceptors (Lipinski definition) is 2. The molecule has 0 radical (unpaired) electrons. The Morgan fingerprint density at radius 1 is 0.893 bits per heavy atom. The summed E-state index contributed by atoms with van der Waals surface area (Å²) in [6.07, 6.45) is 11.7. The summed E-state index contributed by atoms with van der Waals surface area (Å²) >= 11 is 3.50. The van der Waals surface area contributed by atoms with Crippen LogP contribution in [0, 0.1) is 28.6 Å². The first kappa shape index (κ1) is 18.4. The summed E-state index contributed by atoms with van der Waals surface area (Å²) in [5.74, 6) is -0.640. The lowest BCUT2D eigenvalue weighted by molar-refractivity contribution is -0.149. The maximum Gasteiger partial charge on any atom is 0.229 e. The molecule has 4 N–H and O–H groups in total. The Morgan fingerprint density at radius 2 is 1.50 bits per heavy atom. The molecule has 28 heavy (non-hydrogen) atoms. The summed E-state index contributed by atoms with van der Waals surface area (Å²) in [5, 5.41) is 0. The fraction of sp³-hybridized carbons (Fsp3) is 0.565. The number of primary amides is 2. The molecule has 2 bridgehead atoms. The molecule has 3 saturated carbocycles. The maximum atomic E-state index is 13.5. The highest BCUT2D eigenvalue weighted by atomic mass is 79.9. The van der Waals surface area contributed by atoms with Crippen molar-refractivity contribution in [2.75, 3.05) is 0 Å². The summed E-state index contributed by atoms with van der Waals surface area (Å²) in [6, 6.07) is 7.84. The van der Waals surface area contributed by atoms with Gasteiger partial charge in [-0.1, -0.05) is 59.5 Å². The number of rotatable bonds is 4. The second kappa shape index (κ2) is 5.94. The Balaban J connectivity index is 1.83. The second-order valence-electron chi connectivity index (χ2n) is 9.32. The molecule has 5 rings (SSSR count). The molecule has 0 heterocycles. The van der Waals surface area contributed by atoms with E-state index >= 15 is 0 Å². The van der Waals surface area contributed by atoms with Crippen LogP contribution in [0.25, 0.3) is 0 Å². The minimum Gasteiger partial charge on any atom is -0.369 e. The molecule has 0 saturated heterocycles. The highest BCUT2D eigenvalue weighted by Gasteiger charge is 2.84. The first-order valence-electron chi connectivity index (χ1n) is 10.5. The molecule has 0 unspecified atom stereocenters. The Kier molecular flexibility index (Phi) is 3.91. The highest BCUT2D eigenvalue weighted by molar-refractivity contribution is 9.10. The van der Waals surface area contributed by atoms with Gasteiger partial charge in [-0.25, -0.2) is 0 Å². The van der Waals surface area contributed by atoms with Crippen molar-refractivity contribution >= 4 is 27.7 Å². The predicted octanol–water partition coefficient (Wildman–Crippen LogP) is 3.82. The average Bonchev–Trinajstić information content (AvgIpc) is 3.35. The number of allylic oxidation sites excluding steroid dienone is 2. The molecule has 4 atom stereocenters. The smallest absolute Gasteiger partial charge is 0.229 e. The molecule has 0 aromatic heterocycles. The number of nitrogens with two attached hydrogens (primary N) is 2. The van der Waals surface area contributed by atoms with Crippen LogP contribution in [-0.4, -0.2) is 11.8 Å². The molecule has 4 aliphatic carbocycles. The first-order valence-corrected chi connectivity index (χ1v) is 11.3. The second-order valence-corrected chi connectivity index (χ2v) is 10.2. The predicted molar refractivity (Wildman–Crippen MR) is 111 cm³/mol. The van der Waals surface area contributed by atoms with Gasteiger partial charge >= 0.3 is 0 Å². The number of benzene rings is 1. The van der Waals surface area contributed by atoms with E-state index in [1.165, 1.54) is 6.42 Å². The number of carbonyl (C=O) groups excluding carboxylic acids is 2. The zero-order valence-corrected chi connectivity index (χ0v) is 17.6. The monoisotopic (exact) mass is 442 g/mol. The lowest BCUT2D eigenvalue weighted by atomic mass is 9.47. The molecular weight excluding hydrogens is 416 g/mol. The van der Waals surface area contributed by atoms with Crippen molar-refractivity contribution in [3.05, 3.63) is 46.5 Å². The molecule has 2 amide bonds. The molecule has 4 aliphatic rings. The van der Waals surface area contributed by atoms with Gasteiger partial charge in [0, 0.05) is 10.4 Å². The van der Waals surface area contributed by atoms with Crippen LogP contribution in [0.3, 0.4) is 0 Å². The molecule has 1 spiro atoms. The van der Waals surface area contributed by atoms with Gasteiger partial charge in [0.1, 0.15) is 0 Å². The van der Waals surface area contributed by atoms with E-state index in [-0.39, 0.29) is 35.0 Å². The number of amides is 2. The quantitative estimate of drug-likeness (QED) is 0.694. The topological polar surface area (TPSA) is 86.2 Å². The number of halogens is 1. The van der Waals surface area contributed by atoms with Crippen molar-refractivity contribution < 1.29 is 9.59 Å². The maximum absolute atomic E-state index is 13.5. The van der Waals surface area contributed by atoms with E-state index < -0.39 is 10.8 Å². The Bertz CT molecular complexity index is 869. The molecule has 0 aliphatic heterocycles. The van der Waals surface area contributed by atoms with E-state index in [9.17, 15) is 9.59 Å². The lowest BCUT2D eigenvalue weighted by Crippen LogP contribution is -2.65. The SMILES string of the molecule is NC(=O)[C@]1(C2CCCCC2)[C@@H]2C=C[C@@H](C23CC3)[C@@]1(C(N)=O)c1ccc(Br)cc1. The molecular formula is C23H27BrN2O2. The van der Waals surface area contributed by atoms with Crippen molar-refractivity contribution in [2.45, 2.75) is 50.4 Å². The lowest BCUT2D eigenvalue weighted by Gasteiger charge is -2.53. The Hall–Kier alpha value is -1.62. The number of carbonyl (C=O) groups is 2. The zero-order valence-electron chi connectivity index (χ0n) is 16.0. The van der Waals surface area contributed by atoms with Gasteiger partial charge in [-0.05, 0) is 60.6 Å². The van der Waals surface area contributed by atoms with E-state index in [0.29, 0.717) is 0 Å². The molecule has 1 aromatic carbocycles. The van der Waals surface area contributed by atoms with Crippen LogP contribution in [0.1, 0.15) is 50.5 Å². The van der Waals surface area contributed by atoms with Gasteiger partial charge in [0.25, 0.3) is 0 Å². The third-order valence-electron chi connectivity index (χ3n) is 8.52. The third-order valence-corrected chi connectivity index (χ3v) is 9.05. The first-order chi connectivity index (χ1) is 13.4. The van der Waals surface area contributed by atoms with Gasteiger partial charge < -0.3 is 11.5 Å². The van der Waals surface area contributed by atoms with Crippen LogP contribution in [0.15, 0.2) is 40.9 Å². The minimum atomic E-state index is -1.06. The van der Waals surface area contributed by atoms with E-state index in [0.717, 1.165) is 48.6 Å². The molecule has 4 nitrogen and oxygen atoms in total. The van der Waals surface area contributed by atoms with E-state index in [4.69, 9.17) is 11.5 Å². The minimum absolute atomic E-state index is 0.0155. The average molecular weight is 443 g/mol.